The third-order valence-corrected chi connectivity index (χ3v) is 5.67. The summed E-state index contributed by atoms with van der Waals surface area (Å²) < 4.78 is 5.13. The first-order valence-corrected chi connectivity index (χ1v) is 9.83. The lowest BCUT2D eigenvalue weighted by atomic mass is 10.0. The van der Waals surface area contributed by atoms with E-state index < -0.39 is 6.10 Å². The topological polar surface area (TPSA) is 91.5 Å². The van der Waals surface area contributed by atoms with Crippen molar-refractivity contribution in [1.29, 1.82) is 0 Å². The number of carbonyl (C=O) groups excluding carboxylic acids is 1. The molecule has 2 aromatic rings. The molecule has 2 aromatic heterocycles. The highest BCUT2D eigenvalue weighted by atomic mass is 32.1. The van der Waals surface area contributed by atoms with Gasteiger partial charge in [0, 0.05) is 37.0 Å². The van der Waals surface area contributed by atoms with Crippen LogP contribution in [0.4, 0.5) is 0 Å². The number of aliphatic hydroxyl groups excluding tert-OH is 1. The van der Waals surface area contributed by atoms with E-state index in [1.54, 1.807) is 11.3 Å². The first kappa shape index (κ1) is 19.0. The van der Waals surface area contributed by atoms with Crippen molar-refractivity contribution in [1.82, 2.24) is 20.4 Å². The standard InChI is InChI=1S/C18H26N4O3S/c1-11-15(12(2)25-21-11)4-5-18(24)20-16-6-7-22(9-17(16)23)8-14-10-26-13(3)19-14/h10,16-17,23H,4-9H2,1-3H3,(H,20,24)/t16-,17-/m1/s1. The lowest BCUT2D eigenvalue weighted by Gasteiger charge is -2.36. The SMILES string of the molecule is Cc1nc(CN2CC[C@@H](NC(=O)CCc3c(C)noc3C)[C@H](O)C2)cs1. The van der Waals surface area contributed by atoms with Crippen molar-refractivity contribution in [2.45, 2.75) is 58.7 Å². The van der Waals surface area contributed by atoms with Gasteiger partial charge in [-0.05, 0) is 33.6 Å². The number of likely N-dealkylation sites (tertiary alicyclic amines) is 1. The zero-order valence-electron chi connectivity index (χ0n) is 15.5. The number of aryl methyl sites for hydroxylation is 3. The van der Waals surface area contributed by atoms with Gasteiger partial charge in [-0.3, -0.25) is 9.69 Å². The number of hydrogen-bond acceptors (Lipinski definition) is 7. The van der Waals surface area contributed by atoms with Crippen LogP contribution in [0.3, 0.4) is 0 Å². The molecule has 2 N–H and O–H groups in total. The molecule has 0 aliphatic carbocycles. The van der Waals surface area contributed by atoms with Crippen molar-refractivity contribution in [2.24, 2.45) is 0 Å². The largest absolute Gasteiger partial charge is 0.390 e. The maximum atomic E-state index is 12.3. The summed E-state index contributed by atoms with van der Waals surface area (Å²) >= 11 is 1.64. The maximum absolute atomic E-state index is 12.3. The number of hydrogen-bond donors (Lipinski definition) is 2. The number of nitrogens with one attached hydrogen (secondary N) is 1. The molecule has 3 heterocycles. The molecule has 0 saturated carbocycles. The molecule has 7 nitrogen and oxygen atoms in total. The monoisotopic (exact) mass is 378 g/mol. The Bertz CT molecular complexity index is 738. The highest BCUT2D eigenvalue weighted by Crippen LogP contribution is 2.17. The van der Waals surface area contributed by atoms with Gasteiger partial charge in [-0.25, -0.2) is 4.98 Å². The molecular weight excluding hydrogens is 352 g/mol. The number of nitrogens with zero attached hydrogens (tertiary/aromatic N) is 3. The van der Waals surface area contributed by atoms with Crippen LogP contribution in [0.15, 0.2) is 9.90 Å². The molecule has 1 saturated heterocycles. The number of thiazole rings is 1. The predicted molar refractivity (Wildman–Crippen MR) is 99.0 cm³/mol. The Morgan fingerprint density at radius 2 is 2.27 bits per heavy atom. The third kappa shape index (κ3) is 4.69. The second kappa shape index (κ2) is 8.28. The van der Waals surface area contributed by atoms with E-state index in [1.807, 2.05) is 20.8 Å². The number of β-amino-alcohol motifs (C(OH)–C–C–N with tert-alkyl or cyclic N) is 1. The van der Waals surface area contributed by atoms with Gasteiger partial charge in [0.25, 0.3) is 0 Å². The molecule has 0 radical (unpaired) electrons. The summed E-state index contributed by atoms with van der Waals surface area (Å²) in [4.78, 5) is 18.9. The molecule has 0 bridgehead atoms. The van der Waals surface area contributed by atoms with Crippen LogP contribution < -0.4 is 5.32 Å². The Morgan fingerprint density at radius 3 is 2.88 bits per heavy atom. The maximum Gasteiger partial charge on any atom is 0.220 e. The van der Waals surface area contributed by atoms with Gasteiger partial charge in [-0.2, -0.15) is 0 Å². The van der Waals surface area contributed by atoms with Gasteiger partial charge in [0.05, 0.1) is 28.5 Å². The number of aliphatic hydroxyl groups is 1. The molecule has 0 unspecified atom stereocenters. The molecular formula is C18H26N4O3S. The van der Waals surface area contributed by atoms with E-state index in [1.165, 1.54) is 0 Å². The van der Waals surface area contributed by atoms with Gasteiger partial charge in [0.1, 0.15) is 5.76 Å². The van der Waals surface area contributed by atoms with Crippen LogP contribution in [-0.4, -0.2) is 51.3 Å². The minimum atomic E-state index is -0.563. The fraction of sp³-hybridized carbons (Fsp3) is 0.611. The molecule has 1 fully saturated rings. The van der Waals surface area contributed by atoms with Gasteiger partial charge < -0.3 is 14.9 Å². The molecule has 0 spiro atoms. The molecule has 1 amide bonds. The van der Waals surface area contributed by atoms with Crippen molar-refractivity contribution in [3.8, 4) is 0 Å². The molecule has 142 valence electrons. The van der Waals surface area contributed by atoms with Crippen molar-refractivity contribution in [3.05, 3.63) is 33.1 Å². The second-order valence-electron chi connectivity index (χ2n) is 6.93. The summed E-state index contributed by atoms with van der Waals surface area (Å²) in [5.41, 5.74) is 2.87. The zero-order valence-corrected chi connectivity index (χ0v) is 16.3. The van der Waals surface area contributed by atoms with E-state index >= 15 is 0 Å². The Kier molecular flexibility index (Phi) is 6.05. The molecule has 8 heteroatoms. The smallest absolute Gasteiger partial charge is 0.220 e. The zero-order chi connectivity index (χ0) is 18.7. The lowest BCUT2D eigenvalue weighted by molar-refractivity contribution is -0.123. The highest BCUT2D eigenvalue weighted by molar-refractivity contribution is 7.09. The van der Waals surface area contributed by atoms with Gasteiger partial charge in [-0.1, -0.05) is 5.16 Å². The van der Waals surface area contributed by atoms with Crippen molar-refractivity contribution < 1.29 is 14.4 Å². The molecule has 0 aromatic carbocycles. The molecule has 1 aliphatic rings. The van der Waals surface area contributed by atoms with Gasteiger partial charge in [0.15, 0.2) is 0 Å². The summed E-state index contributed by atoms with van der Waals surface area (Å²) in [6, 6.07) is -0.194. The normalized spacial score (nSPS) is 21.1. The van der Waals surface area contributed by atoms with Crippen LogP contribution >= 0.6 is 11.3 Å². The van der Waals surface area contributed by atoms with Crippen LogP contribution in [0, 0.1) is 20.8 Å². The van der Waals surface area contributed by atoms with Crippen LogP contribution in [0.1, 0.15) is 40.6 Å². The summed E-state index contributed by atoms with van der Waals surface area (Å²) in [7, 11) is 0. The fourth-order valence-corrected chi connectivity index (χ4v) is 4.00. The van der Waals surface area contributed by atoms with Crippen molar-refractivity contribution in [2.75, 3.05) is 13.1 Å². The number of rotatable bonds is 6. The summed E-state index contributed by atoms with van der Waals surface area (Å²) in [5.74, 6) is 0.721. The van der Waals surface area contributed by atoms with Gasteiger partial charge in [-0.15, -0.1) is 11.3 Å². The average Bonchev–Trinajstić information content (AvgIpc) is 3.14. The van der Waals surface area contributed by atoms with Crippen molar-refractivity contribution >= 4 is 17.2 Å². The highest BCUT2D eigenvalue weighted by Gasteiger charge is 2.29. The van der Waals surface area contributed by atoms with Crippen LogP contribution in [0.2, 0.25) is 0 Å². The number of amides is 1. The van der Waals surface area contributed by atoms with E-state index in [2.05, 4.69) is 25.7 Å². The van der Waals surface area contributed by atoms with Crippen LogP contribution in [0.5, 0.6) is 0 Å². The van der Waals surface area contributed by atoms with E-state index in [4.69, 9.17) is 4.52 Å². The lowest BCUT2D eigenvalue weighted by Crippen LogP contribution is -2.53. The van der Waals surface area contributed by atoms with Gasteiger partial charge in [0.2, 0.25) is 5.91 Å². The van der Waals surface area contributed by atoms with Crippen molar-refractivity contribution in [3.63, 3.8) is 0 Å². The van der Waals surface area contributed by atoms with E-state index in [0.717, 1.165) is 47.2 Å². The summed E-state index contributed by atoms with van der Waals surface area (Å²) in [6.45, 7) is 7.86. The molecule has 3 rings (SSSR count). The minimum Gasteiger partial charge on any atom is -0.390 e. The molecule has 2 atom stereocenters. The number of piperidine rings is 1. The van der Waals surface area contributed by atoms with E-state index in [-0.39, 0.29) is 11.9 Å². The fourth-order valence-electron chi connectivity index (χ4n) is 3.40. The molecule has 26 heavy (non-hydrogen) atoms. The minimum absolute atomic E-state index is 0.0439. The van der Waals surface area contributed by atoms with E-state index in [0.29, 0.717) is 19.4 Å². The Labute approximate surface area is 157 Å². The Morgan fingerprint density at radius 1 is 1.46 bits per heavy atom. The predicted octanol–water partition coefficient (Wildman–Crippen LogP) is 1.74. The van der Waals surface area contributed by atoms with Crippen LogP contribution in [0.25, 0.3) is 0 Å². The molecule has 1 aliphatic heterocycles. The second-order valence-corrected chi connectivity index (χ2v) is 7.99. The summed E-state index contributed by atoms with van der Waals surface area (Å²) in [6.07, 6.45) is 1.15. The average molecular weight is 378 g/mol. The third-order valence-electron chi connectivity index (χ3n) is 4.85. The van der Waals surface area contributed by atoms with E-state index in [9.17, 15) is 9.90 Å². The van der Waals surface area contributed by atoms with Gasteiger partial charge >= 0.3 is 0 Å². The quantitative estimate of drug-likeness (QED) is 0.796. The number of aromatic nitrogens is 2. The Hall–Kier alpha value is -1.77. The first-order valence-electron chi connectivity index (χ1n) is 8.95. The Balaban J connectivity index is 1.45. The summed E-state index contributed by atoms with van der Waals surface area (Å²) in [5, 5.41) is 20.4. The number of carbonyl (C=O) groups is 1. The first-order chi connectivity index (χ1) is 12.4. The van der Waals surface area contributed by atoms with Crippen LogP contribution in [-0.2, 0) is 17.8 Å².